The van der Waals surface area contributed by atoms with Crippen molar-refractivity contribution < 1.29 is 14.3 Å². The lowest BCUT2D eigenvalue weighted by Crippen LogP contribution is -2.45. The average Bonchev–Trinajstić information content (AvgIpc) is 2.99. The molecule has 0 bridgehead atoms. The maximum absolute atomic E-state index is 12.7. The first kappa shape index (κ1) is 16.2. The molecule has 1 aliphatic carbocycles. The molecule has 2 atom stereocenters. The van der Waals surface area contributed by atoms with Crippen molar-refractivity contribution in [3.63, 3.8) is 0 Å². The zero-order valence-electron chi connectivity index (χ0n) is 12.9. The predicted octanol–water partition coefficient (Wildman–Crippen LogP) is 3.78. The molecule has 1 saturated carbocycles. The smallest absolute Gasteiger partial charge is 0.341 e. The normalized spacial score (nSPS) is 25.0. The fourth-order valence-electron chi connectivity index (χ4n) is 3.25. The van der Waals surface area contributed by atoms with Crippen LogP contribution in [0.5, 0.6) is 0 Å². The maximum atomic E-state index is 12.7. The van der Waals surface area contributed by atoms with Gasteiger partial charge in [0, 0.05) is 10.2 Å². The molecule has 1 fully saturated rings. The van der Waals surface area contributed by atoms with Gasteiger partial charge in [-0.25, -0.2) is 9.79 Å². The molecule has 1 heterocycles. The zero-order valence-corrected chi connectivity index (χ0v) is 14.5. The number of amides is 2. The van der Waals surface area contributed by atoms with E-state index in [1.807, 2.05) is 24.3 Å². The molecule has 2 unspecified atom stereocenters. The van der Waals surface area contributed by atoms with Crippen LogP contribution in [0.1, 0.15) is 44.2 Å². The Hall–Kier alpha value is -1.69. The fraction of sp³-hybridized carbons (Fsp3) is 0.471. The largest absolute Gasteiger partial charge is 0.462 e. The lowest BCUT2D eigenvalue weighted by atomic mass is 9.88. The maximum Gasteiger partial charge on any atom is 0.341 e. The van der Waals surface area contributed by atoms with Crippen LogP contribution < -0.4 is 5.32 Å². The number of hydrogen-bond donors (Lipinski definition) is 1. The first-order chi connectivity index (χ1) is 11.1. The minimum atomic E-state index is -0.591. The van der Waals surface area contributed by atoms with Crippen LogP contribution in [0.25, 0.3) is 0 Å². The van der Waals surface area contributed by atoms with E-state index in [9.17, 15) is 9.59 Å². The van der Waals surface area contributed by atoms with Crippen LogP contribution in [0.4, 0.5) is 4.79 Å². The van der Waals surface area contributed by atoms with Crippen LogP contribution in [-0.4, -0.2) is 23.8 Å². The Morgan fingerprint density at radius 1 is 1.30 bits per heavy atom. The highest BCUT2D eigenvalue weighted by Crippen LogP contribution is 2.33. The van der Waals surface area contributed by atoms with E-state index in [-0.39, 0.29) is 12.1 Å². The Morgan fingerprint density at radius 2 is 2.00 bits per heavy atom. The van der Waals surface area contributed by atoms with Crippen LogP contribution in [0.15, 0.2) is 33.7 Å². The number of nitrogens with zero attached hydrogens (tertiary/aromatic N) is 1. The van der Waals surface area contributed by atoms with E-state index < -0.39 is 18.0 Å². The average molecular weight is 379 g/mol. The van der Waals surface area contributed by atoms with Crippen molar-refractivity contribution in [2.75, 3.05) is 0 Å². The van der Waals surface area contributed by atoms with Crippen molar-refractivity contribution >= 4 is 33.6 Å². The van der Waals surface area contributed by atoms with Gasteiger partial charge in [0.2, 0.25) is 0 Å². The van der Waals surface area contributed by atoms with E-state index in [0.29, 0.717) is 5.71 Å². The Morgan fingerprint density at radius 3 is 2.70 bits per heavy atom. The fourth-order valence-corrected chi connectivity index (χ4v) is 3.79. The molecular weight excluding hydrogens is 360 g/mol. The molecule has 1 aromatic carbocycles. The SMILES string of the molecule is CC1=NC(=O)NC(c2ccccc2Br)C1C(=O)OC1CCCC1. The summed E-state index contributed by atoms with van der Waals surface area (Å²) in [7, 11) is 0. The van der Waals surface area contributed by atoms with Gasteiger partial charge in [-0.1, -0.05) is 34.1 Å². The minimum Gasteiger partial charge on any atom is -0.462 e. The summed E-state index contributed by atoms with van der Waals surface area (Å²) < 4.78 is 6.51. The number of esters is 1. The molecule has 3 rings (SSSR count). The number of carbonyl (C=O) groups excluding carboxylic acids is 2. The second-order valence-corrected chi connectivity index (χ2v) is 6.88. The van der Waals surface area contributed by atoms with Crippen molar-refractivity contribution in [2.24, 2.45) is 10.9 Å². The molecule has 5 nitrogen and oxygen atoms in total. The van der Waals surface area contributed by atoms with Crippen molar-refractivity contribution in [2.45, 2.75) is 44.8 Å². The van der Waals surface area contributed by atoms with Gasteiger partial charge in [-0.05, 0) is 44.2 Å². The molecule has 0 spiro atoms. The van der Waals surface area contributed by atoms with Crippen LogP contribution in [0.3, 0.4) is 0 Å². The Kier molecular flexibility index (Phi) is 4.80. The van der Waals surface area contributed by atoms with Crippen LogP contribution in [0.2, 0.25) is 0 Å². The molecule has 23 heavy (non-hydrogen) atoms. The molecule has 1 N–H and O–H groups in total. The Bertz CT molecular complexity index is 653. The third-order valence-corrected chi connectivity index (χ3v) is 5.14. The van der Waals surface area contributed by atoms with Gasteiger partial charge in [-0.2, -0.15) is 0 Å². The van der Waals surface area contributed by atoms with Gasteiger partial charge in [0.1, 0.15) is 12.0 Å². The Balaban J connectivity index is 1.89. The molecule has 2 aliphatic rings. The third-order valence-electron chi connectivity index (χ3n) is 4.42. The second-order valence-electron chi connectivity index (χ2n) is 6.02. The second kappa shape index (κ2) is 6.83. The summed E-state index contributed by atoms with van der Waals surface area (Å²) in [5, 5.41) is 2.80. The van der Waals surface area contributed by atoms with Gasteiger partial charge in [0.15, 0.2) is 0 Å². The van der Waals surface area contributed by atoms with Crippen LogP contribution in [0, 0.1) is 5.92 Å². The summed E-state index contributed by atoms with van der Waals surface area (Å²) in [6.45, 7) is 1.71. The number of nitrogens with one attached hydrogen (secondary N) is 1. The van der Waals surface area contributed by atoms with Crippen molar-refractivity contribution in [3.05, 3.63) is 34.3 Å². The van der Waals surface area contributed by atoms with Crippen LogP contribution in [-0.2, 0) is 9.53 Å². The molecule has 0 saturated heterocycles. The lowest BCUT2D eigenvalue weighted by molar-refractivity contribution is -0.152. The summed E-state index contributed by atoms with van der Waals surface area (Å²) in [5.41, 5.74) is 1.35. The van der Waals surface area contributed by atoms with E-state index in [2.05, 4.69) is 26.2 Å². The standard InChI is InChI=1S/C17H19BrN2O3/c1-10-14(16(21)23-11-6-2-3-7-11)15(20-17(22)19-10)12-8-4-5-9-13(12)18/h4-5,8-9,11,14-15H,2-3,6-7H2,1H3,(H,20,22). The van der Waals surface area contributed by atoms with Gasteiger partial charge in [-0.15, -0.1) is 0 Å². The van der Waals surface area contributed by atoms with E-state index in [4.69, 9.17) is 4.74 Å². The number of benzene rings is 1. The highest BCUT2D eigenvalue weighted by Gasteiger charge is 2.39. The summed E-state index contributed by atoms with van der Waals surface area (Å²) in [5.74, 6) is -0.897. The molecule has 2 amide bonds. The number of rotatable bonds is 3. The van der Waals surface area contributed by atoms with E-state index >= 15 is 0 Å². The number of ether oxygens (including phenoxy) is 1. The molecular formula is C17H19BrN2O3. The first-order valence-corrected chi connectivity index (χ1v) is 8.66. The Labute approximate surface area is 143 Å². The molecule has 0 aromatic heterocycles. The van der Waals surface area contributed by atoms with Gasteiger partial charge in [0.25, 0.3) is 0 Å². The number of hydrogen-bond acceptors (Lipinski definition) is 3. The molecule has 1 aliphatic heterocycles. The highest BCUT2D eigenvalue weighted by molar-refractivity contribution is 9.10. The van der Waals surface area contributed by atoms with Gasteiger partial charge >= 0.3 is 12.0 Å². The number of urea groups is 1. The molecule has 6 heteroatoms. The summed E-state index contributed by atoms with van der Waals surface area (Å²) in [6.07, 6.45) is 4.02. The lowest BCUT2D eigenvalue weighted by Gasteiger charge is -2.31. The zero-order chi connectivity index (χ0) is 16.4. The van der Waals surface area contributed by atoms with E-state index in [1.165, 1.54) is 0 Å². The molecule has 1 aromatic rings. The summed E-state index contributed by atoms with van der Waals surface area (Å²) >= 11 is 3.49. The van der Waals surface area contributed by atoms with Crippen molar-refractivity contribution in [1.82, 2.24) is 5.32 Å². The minimum absolute atomic E-state index is 0.00667. The number of halogens is 1. The van der Waals surface area contributed by atoms with Crippen LogP contribution >= 0.6 is 15.9 Å². The number of aliphatic imine (C=N–C) groups is 1. The molecule has 122 valence electrons. The predicted molar refractivity (Wildman–Crippen MR) is 90.4 cm³/mol. The first-order valence-electron chi connectivity index (χ1n) is 7.87. The van der Waals surface area contributed by atoms with Gasteiger partial charge < -0.3 is 10.1 Å². The topological polar surface area (TPSA) is 67.8 Å². The quantitative estimate of drug-likeness (QED) is 0.813. The summed E-state index contributed by atoms with van der Waals surface area (Å²) in [4.78, 5) is 28.4. The van der Waals surface area contributed by atoms with Gasteiger partial charge in [-0.3, -0.25) is 4.79 Å². The summed E-state index contributed by atoms with van der Waals surface area (Å²) in [6, 6.07) is 6.67. The van der Waals surface area contributed by atoms with Crippen molar-refractivity contribution in [3.8, 4) is 0 Å². The molecule has 0 radical (unpaired) electrons. The van der Waals surface area contributed by atoms with E-state index in [1.54, 1.807) is 6.92 Å². The van der Waals surface area contributed by atoms with E-state index in [0.717, 1.165) is 35.7 Å². The number of carbonyl (C=O) groups is 2. The third kappa shape index (κ3) is 3.47. The van der Waals surface area contributed by atoms with Crippen molar-refractivity contribution in [1.29, 1.82) is 0 Å². The monoisotopic (exact) mass is 378 g/mol. The van der Waals surface area contributed by atoms with Gasteiger partial charge in [0.05, 0.1) is 6.04 Å². The highest BCUT2D eigenvalue weighted by atomic mass is 79.9.